The van der Waals surface area contributed by atoms with Gasteiger partial charge in [0.05, 0.1) is 0 Å². The van der Waals surface area contributed by atoms with Crippen LogP contribution in [0.3, 0.4) is 0 Å². The summed E-state index contributed by atoms with van der Waals surface area (Å²) in [6.45, 7) is -0.229. The molecule has 2 aliphatic carbocycles. The Kier molecular flexibility index (Phi) is 5.00. The summed E-state index contributed by atoms with van der Waals surface area (Å²) in [6.07, 6.45) is 5.15. The predicted molar refractivity (Wildman–Crippen MR) is 116 cm³/mol. The highest BCUT2D eigenvalue weighted by molar-refractivity contribution is 6.09. The van der Waals surface area contributed by atoms with Crippen LogP contribution >= 0.6 is 0 Å². The topological polar surface area (TPSA) is 78.5 Å². The van der Waals surface area contributed by atoms with Crippen LogP contribution in [0.15, 0.2) is 54.6 Å². The van der Waals surface area contributed by atoms with Crippen molar-refractivity contribution >= 4 is 17.8 Å². The molecule has 1 unspecified atom stereocenters. The third kappa shape index (κ3) is 3.50. The Bertz CT molecular complexity index is 1010. The highest BCUT2D eigenvalue weighted by atomic mass is 16.2. The molecule has 0 radical (unpaired) electrons. The minimum absolute atomic E-state index is 0.0920. The summed E-state index contributed by atoms with van der Waals surface area (Å²) in [5.41, 5.74) is 2.28. The van der Waals surface area contributed by atoms with Crippen LogP contribution in [0.4, 0.5) is 4.79 Å². The molecule has 2 fully saturated rings. The van der Waals surface area contributed by atoms with Crippen molar-refractivity contribution in [3.05, 3.63) is 71.3 Å². The van der Waals surface area contributed by atoms with Crippen molar-refractivity contribution in [3.63, 3.8) is 0 Å². The van der Waals surface area contributed by atoms with Gasteiger partial charge in [0.25, 0.3) is 5.91 Å². The molecule has 1 atom stereocenters. The normalized spacial score (nSPS) is 27.3. The molecule has 6 heteroatoms. The van der Waals surface area contributed by atoms with Gasteiger partial charge in [0, 0.05) is 6.04 Å². The highest BCUT2D eigenvalue weighted by Gasteiger charge is 2.55. The van der Waals surface area contributed by atoms with Crippen LogP contribution in [-0.2, 0) is 21.5 Å². The molecule has 1 saturated heterocycles. The molecule has 1 saturated carbocycles. The number of amides is 4. The van der Waals surface area contributed by atoms with Crippen molar-refractivity contribution < 1.29 is 14.4 Å². The first-order valence-corrected chi connectivity index (χ1v) is 11.1. The van der Waals surface area contributed by atoms with E-state index in [4.69, 9.17) is 0 Å². The molecule has 5 rings (SSSR count). The van der Waals surface area contributed by atoms with Gasteiger partial charge in [0.1, 0.15) is 12.1 Å². The lowest BCUT2D eigenvalue weighted by Crippen LogP contribution is -2.46. The lowest BCUT2D eigenvalue weighted by molar-refractivity contribution is -0.135. The molecule has 1 spiro atoms. The minimum Gasteiger partial charge on any atom is -0.352 e. The zero-order valence-electron chi connectivity index (χ0n) is 17.5. The van der Waals surface area contributed by atoms with Gasteiger partial charge in [0.2, 0.25) is 5.91 Å². The molecule has 0 aromatic heterocycles. The Morgan fingerprint density at radius 3 is 2.48 bits per heavy atom. The molecule has 2 aromatic carbocycles. The Balaban J connectivity index is 1.19. The zero-order chi connectivity index (χ0) is 21.4. The lowest BCUT2D eigenvalue weighted by atomic mass is 9.82. The zero-order valence-corrected chi connectivity index (χ0v) is 17.5. The summed E-state index contributed by atoms with van der Waals surface area (Å²) in [5, 5.41) is 5.92. The monoisotopic (exact) mass is 417 g/mol. The quantitative estimate of drug-likeness (QED) is 0.750. The first-order chi connectivity index (χ1) is 15.1. The second kappa shape index (κ2) is 7.84. The maximum atomic E-state index is 13.2. The van der Waals surface area contributed by atoms with Crippen LogP contribution < -0.4 is 10.6 Å². The van der Waals surface area contributed by atoms with Crippen LogP contribution in [0.1, 0.15) is 54.7 Å². The minimum atomic E-state index is -1.01. The molecule has 160 valence electrons. The summed E-state index contributed by atoms with van der Waals surface area (Å²) in [6, 6.07) is 17.8. The van der Waals surface area contributed by atoms with Gasteiger partial charge in [-0.05, 0) is 61.1 Å². The van der Waals surface area contributed by atoms with E-state index in [-0.39, 0.29) is 24.4 Å². The van der Waals surface area contributed by atoms with E-state index in [1.807, 2.05) is 30.3 Å². The van der Waals surface area contributed by atoms with Gasteiger partial charge in [0.15, 0.2) is 0 Å². The van der Waals surface area contributed by atoms with Gasteiger partial charge in [-0.3, -0.25) is 14.5 Å². The van der Waals surface area contributed by atoms with Crippen LogP contribution in [0.25, 0.3) is 0 Å². The number of hydrogen-bond acceptors (Lipinski definition) is 3. The largest absolute Gasteiger partial charge is 0.352 e. The van der Waals surface area contributed by atoms with E-state index < -0.39 is 11.6 Å². The Labute approximate surface area is 182 Å². The van der Waals surface area contributed by atoms with Gasteiger partial charge in [-0.1, -0.05) is 54.6 Å². The molecule has 6 nitrogen and oxygen atoms in total. The molecule has 1 heterocycles. The number of hydrogen-bond donors (Lipinski definition) is 2. The van der Waals surface area contributed by atoms with Crippen molar-refractivity contribution in [2.75, 3.05) is 6.54 Å². The summed E-state index contributed by atoms with van der Waals surface area (Å²) in [7, 11) is 0. The van der Waals surface area contributed by atoms with Crippen molar-refractivity contribution in [1.29, 1.82) is 0 Å². The number of benzene rings is 2. The molecule has 31 heavy (non-hydrogen) atoms. The number of carbonyl (C=O) groups is 3. The van der Waals surface area contributed by atoms with Gasteiger partial charge >= 0.3 is 6.03 Å². The number of imide groups is 1. The lowest BCUT2D eigenvalue weighted by Gasteiger charge is -2.29. The van der Waals surface area contributed by atoms with Crippen LogP contribution in [0.5, 0.6) is 0 Å². The fourth-order valence-electron chi connectivity index (χ4n) is 5.45. The highest BCUT2D eigenvalue weighted by Crippen LogP contribution is 2.41. The third-order valence-corrected chi connectivity index (χ3v) is 7.09. The molecule has 2 N–H and O–H groups in total. The second-order valence-electron chi connectivity index (χ2n) is 8.91. The van der Waals surface area contributed by atoms with E-state index in [9.17, 15) is 14.4 Å². The molecular weight excluding hydrogens is 390 g/mol. The first kappa shape index (κ1) is 19.8. The first-order valence-electron chi connectivity index (χ1n) is 11.1. The fourth-order valence-corrected chi connectivity index (χ4v) is 5.45. The molecule has 3 aliphatic rings. The average molecular weight is 418 g/mol. The van der Waals surface area contributed by atoms with Crippen LogP contribution in [0.2, 0.25) is 0 Å². The number of urea groups is 1. The number of rotatable bonds is 4. The molecule has 4 amide bonds. The Hall–Kier alpha value is -3.15. The summed E-state index contributed by atoms with van der Waals surface area (Å²) < 4.78 is 0. The average Bonchev–Trinajstić information content (AvgIpc) is 3.28. The van der Waals surface area contributed by atoms with E-state index in [1.165, 1.54) is 5.56 Å². The van der Waals surface area contributed by atoms with E-state index in [2.05, 4.69) is 34.9 Å². The number of carbonyl (C=O) groups excluding carboxylic acids is 3. The standard InChI is InChI=1S/C25H27N3O3/c29-22(26-20-12-10-18(11-13-20)17-6-2-1-3-7-17)16-28-23(30)25(27-24(28)31)15-14-19-8-4-5-9-21(19)25/h1-9,18,20H,10-16H2,(H,26,29)(H,27,31). The van der Waals surface area contributed by atoms with E-state index in [0.29, 0.717) is 12.3 Å². The maximum absolute atomic E-state index is 13.2. The van der Waals surface area contributed by atoms with E-state index in [1.54, 1.807) is 0 Å². The number of nitrogens with zero attached hydrogens (tertiary/aromatic N) is 1. The fraction of sp³-hybridized carbons (Fsp3) is 0.400. The third-order valence-electron chi connectivity index (χ3n) is 7.09. The Morgan fingerprint density at radius 2 is 1.71 bits per heavy atom. The maximum Gasteiger partial charge on any atom is 0.325 e. The van der Waals surface area contributed by atoms with E-state index >= 15 is 0 Å². The Morgan fingerprint density at radius 1 is 1.00 bits per heavy atom. The summed E-state index contributed by atoms with van der Waals surface area (Å²) >= 11 is 0. The predicted octanol–water partition coefficient (Wildman–Crippen LogP) is 3.22. The molecule has 2 aromatic rings. The smallest absolute Gasteiger partial charge is 0.325 e. The van der Waals surface area contributed by atoms with Gasteiger partial charge in [-0.2, -0.15) is 0 Å². The van der Waals surface area contributed by atoms with Crippen molar-refractivity contribution in [2.45, 2.75) is 56.0 Å². The molecule has 1 aliphatic heterocycles. The summed E-state index contributed by atoms with van der Waals surface area (Å²) in [4.78, 5) is 39.5. The van der Waals surface area contributed by atoms with Crippen LogP contribution in [-0.4, -0.2) is 35.3 Å². The van der Waals surface area contributed by atoms with Crippen molar-refractivity contribution in [3.8, 4) is 0 Å². The van der Waals surface area contributed by atoms with Crippen molar-refractivity contribution in [1.82, 2.24) is 15.5 Å². The van der Waals surface area contributed by atoms with Gasteiger partial charge < -0.3 is 10.6 Å². The number of fused-ring (bicyclic) bond motifs is 2. The molecule has 0 bridgehead atoms. The SMILES string of the molecule is O=C(CN1C(=O)NC2(CCc3ccccc32)C1=O)NC1CCC(c2ccccc2)CC1. The number of aryl methyl sites for hydroxylation is 1. The number of nitrogens with one attached hydrogen (secondary N) is 2. The second-order valence-corrected chi connectivity index (χ2v) is 8.91. The van der Waals surface area contributed by atoms with Crippen LogP contribution in [0, 0.1) is 0 Å². The van der Waals surface area contributed by atoms with Gasteiger partial charge in [-0.15, -0.1) is 0 Å². The van der Waals surface area contributed by atoms with E-state index in [0.717, 1.165) is 48.1 Å². The summed E-state index contributed by atoms with van der Waals surface area (Å²) in [5.74, 6) is -0.0528. The van der Waals surface area contributed by atoms with Gasteiger partial charge in [-0.25, -0.2) is 4.79 Å². The molecular formula is C25H27N3O3. The van der Waals surface area contributed by atoms with Crippen molar-refractivity contribution in [2.24, 2.45) is 0 Å².